The highest BCUT2D eigenvalue weighted by molar-refractivity contribution is 7.99. The second kappa shape index (κ2) is 5.23. The third kappa shape index (κ3) is 2.71. The molecule has 1 heterocycles. The van der Waals surface area contributed by atoms with Gasteiger partial charge in [-0.1, -0.05) is 29.5 Å². The summed E-state index contributed by atoms with van der Waals surface area (Å²) in [4.78, 5) is 5.42. The van der Waals surface area contributed by atoms with Gasteiger partial charge in [0.25, 0.3) is 0 Å². The third-order valence-corrected chi connectivity index (χ3v) is 3.64. The molecule has 0 spiro atoms. The minimum absolute atomic E-state index is 0.0650. The first-order valence-corrected chi connectivity index (χ1v) is 6.44. The molecule has 0 aliphatic carbocycles. The summed E-state index contributed by atoms with van der Waals surface area (Å²) in [7, 11) is 0. The molecule has 1 aromatic carbocycles. The smallest absolute Gasteiger partial charge is 0.125 e. The molecule has 0 aliphatic rings. The van der Waals surface area contributed by atoms with Crippen LogP contribution in [0.2, 0.25) is 0 Å². The van der Waals surface area contributed by atoms with Crippen LogP contribution in [0.4, 0.5) is 0 Å². The van der Waals surface area contributed by atoms with E-state index in [9.17, 15) is 0 Å². The van der Waals surface area contributed by atoms with Gasteiger partial charge in [-0.05, 0) is 37.6 Å². The fourth-order valence-electron chi connectivity index (χ4n) is 1.66. The Morgan fingerprint density at radius 1 is 1.17 bits per heavy atom. The van der Waals surface area contributed by atoms with Crippen molar-refractivity contribution in [1.29, 1.82) is 5.41 Å². The van der Waals surface area contributed by atoms with Gasteiger partial charge in [-0.2, -0.15) is 0 Å². The SMILES string of the molecule is Cc1ccc(Sc2nccc(C)c2C(=N)N)cc1. The maximum absolute atomic E-state index is 7.64. The van der Waals surface area contributed by atoms with Crippen LogP contribution < -0.4 is 5.73 Å². The molecule has 0 saturated carbocycles. The first kappa shape index (κ1) is 12.6. The molecule has 1 aromatic heterocycles. The fourth-order valence-corrected chi connectivity index (χ4v) is 2.64. The van der Waals surface area contributed by atoms with E-state index in [0.717, 1.165) is 21.0 Å². The highest BCUT2D eigenvalue weighted by atomic mass is 32.2. The predicted molar refractivity (Wildman–Crippen MR) is 75.3 cm³/mol. The van der Waals surface area contributed by atoms with Gasteiger partial charge in [-0.25, -0.2) is 4.98 Å². The molecule has 4 heteroatoms. The van der Waals surface area contributed by atoms with Gasteiger partial charge in [0.2, 0.25) is 0 Å². The Balaban J connectivity index is 2.37. The maximum atomic E-state index is 7.64. The van der Waals surface area contributed by atoms with Gasteiger partial charge >= 0.3 is 0 Å². The van der Waals surface area contributed by atoms with E-state index in [0.29, 0.717) is 0 Å². The molecule has 3 N–H and O–H groups in total. The molecule has 0 atom stereocenters. The number of nitrogens with two attached hydrogens (primary N) is 1. The summed E-state index contributed by atoms with van der Waals surface area (Å²) in [6.07, 6.45) is 1.75. The highest BCUT2D eigenvalue weighted by Crippen LogP contribution is 2.29. The Bertz CT molecular complexity index is 576. The molecular formula is C14H15N3S. The zero-order valence-electron chi connectivity index (χ0n) is 10.4. The van der Waals surface area contributed by atoms with Gasteiger partial charge in [-0.3, -0.25) is 5.41 Å². The standard InChI is InChI=1S/C14H15N3S/c1-9-3-5-11(6-4-9)18-14-12(13(15)16)10(2)7-8-17-14/h3-8H,1-2H3,(H3,15,16). The Morgan fingerprint density at radius 2 is 1.83 bits per heavy atom. The first-order chi connectivity index (χ1) is 8.58. The molecule has 3 nitrogen and oxygen atoms in total. The van der Waals surface area contributed by atoms with Gasteiger partial charge < -0.3 is 5.73 Å². The number of aromatic nitrogens is 1. The van der Waals surface area contributed by atoms with Crippen LogP contribution in [0.15, 0.2) is 46.5 Å². The van der Waals surface area contributed by atoms with Crippen molar-refractivity contribution in [2.75, 3.05) is 0 Å². The third-order valence-electron chi connectivity index (χ3n) is 2.63. The van der Waals surface area contributed by atoms with E-state index in [1.165, 1.54) is 17.3 Å². The van der Waals surface area contributed by atoms with E-state index in [2.05, 4.69) is 24.0 Å². The highest BCUT2D eigenvalue weighted by Gasteiger charge is 2.11. The number of benzene rings is 1. The largest absolute Gasteiger partial charge is 0.384 e. The number of rotatable bonds is 3. The van der Waals surface area contributed by atoms with Crippen molar-refractivity contribution in [2.45, 2.75) is 23.8 Å². The summed E-state index contributed by atoms with van der Waals surface area (Å²) in [6.45, 7) is 4.00. The lowest BCUT2D eigenvalue weighted by atomic mass is 10.1. The Kier molecular flexibility index (Phi) is 3.67. The summed E-state index contributed by atoms with van der Waals surface area (Å²) in [5, 5.41) is 8.43. The lowest BCUT2D eigenvalue weighted by Crippen LogP contribution is -2.14. The van der Waals surface area contributed by atoms with Crippen molar-refractivity contribution >= 4 is 17.6 Å². The van der Waals surface area contributed by atoms with Crippen LogP contribution in [0.3, 0.4) is 0 Å². The molecule has 92 valence electrons. The first-order valence-electron chi connectivity index (χ1n) is 5.62. The van der Waals surface area contributed by atoms with Gasteiger partial charge in [0.15, 0.2) is 0 Å². The van der Waals surface area contributed by atoms with E-state index in [-0.39, 0.29) is 5.84 Å². The Morgan fingerprint density at radius 3 is 2.44 bits per heavy atom. The van der Waals surface area contributed by atoms with Crippen LogP contribution in [0.1, 0.15) is 16.7 Å². The zero-order valence-corrected chi connectivity index (χ0v) is 11.2. The minimum atomic E-state index is 0.0650. The number of nitrogens with zero attached hydrogens (tertiary/aromatic N) is 1. The molecule has 2 aromatic rings. The molecule has 0 saturated heterocycles. The van der Waals surface area contributed by atoms with Crippen LogP contribution in [0.25, 0.3) is 0 Å². The van der Waals surface area contributed by atoms with Crippen molar-refractivity contribution in [3.63, 3.8) is 0 Å². The van der Waals surface area contributed by atoms with Gasteiger partial charge in [0.05, 0.1) is 5.56 Å². The summed E-state index contributed by atoms with van der Waals surface area (Å²) in [5.41, 5.74) is 8.55. The van der Waals surface area contributed by atoms with Crippen LogP contribution in [0, 0.1) is 19.3 Å². The molecule has 0 radical (unpaired) electrons. The zero-order chi connectivity index (χ0) is 13.1. The van der Waals surface area contributed by atoms with Crippen LogP contribution in [-0.2, 0) is 0 Å². The molecule has 0 amide bonds. The molecule has 2 rings (SSSR count). The molecular weight excluding hydrogens is 242 g/mol. The molecule has 0 unspecified atom stereocenters. The topological polar surface area (TPSA) is 62.8 Å². The van der Waals surface area contributed by atoms with E-state index >= 15 is 0 Å². The molecule has 18 heavy (non-hydrogen) atoms. The number of nitrogens with one attached hydrogen (secondary N) is 1. The average molecular weight is 257 g/mol. The lowest BCUT2D eigenvalue weighted by molar-refractivity contribution is 1.09. The van der Waals surface area contributed by atoms with E-state index in [4.69, 9.17) is 11.1 Å². The minimum Gasteiger partial charge on any atom is -0.384 e. The number of hydrogen-bond donors (Lipinski definition) is 2. The maximum Gasteiger partial charge on any atom is 0.125 e. The molecule has 0 fully saturated rings. The summed E-state index contributed by atoms with van der Waals surface area (Å²) in [5.74, 6) is 0.0650. The van der Waals surface area contributed by atoms with Gasteiger partial charge in [-0.15, -0.1) is 0 Å². The molecule has 0 bridgehead atoms. The second-order valence-corrected chi connectivity index (χ2v) is 5.20. The average Bonchev–Trinajstić information content (AvgIpc) is 2.32. The van der Waals surface area contributed by atoms with Crippen molar-refractivity contribution in [3.8, 4) is 0 Å². The number of hydrogen-bond acceptors (Lipinski definition) is 3. The van der Waals surface area contributed by atoms with Gasteiger partial charge in [0.1, 0.15) is 10.9 Å². The summed E-state index contributed by atoms with van der Waals surface area (Å²) in [6, 6.07) is 10.1. The van der Waals surface area contributed by atoms with Gasteiger partial charge in [0, 0.05) is 11.1 Å². The van der Waals surface area contributed by atoms with Crippen LogP contribution >= 0.6 is 11.8 Å². The normalized spacial score (nSPS) is 10.3. The molecule has 0 aliphatic heterocycles. The quantitative estimate of drug-likeness (QED) is 0.656. The van der Waals surface area contributed by atoms with Crippen LogP contribution in [0.5, 0.6) is 0 Å². The summed E-state index contributed by atoms with van der Waals surface area (Å²) < 4.78 is 0. The van der Waals surface area contributed by atoms with E-state index < -0.39 is 0 Å². The Hall–Kier alpha value is -1.81. The van der Waals surface area contributed by atoms with Crippen molar-refractivity contribution in [1.82, 2.24) is 4.98 Å². The van der Waals surface area contributed by atoms with E-state index in [1.54, 1.807) is 6.20 Å². The van der Waals surface area contributed by atoms with Crippen molar-refractivity contribution in [2.24, 2.45) is 5.73 Å². The summed E-state index contributed by atoms with van der Waals surface area (Å²) >= 11 is 1.53. The fraction of sp³-hybridized carbons (Fsp3) is 0.143. The number of amidine groups is 1. The lowest BCUT2D eigenvalue weighted by Gasteiger charge is -2.09. The number of pyridine rings is 1. The second-order valence-electron chi connectivity index (χ2n) is 4.14. The van der Waals surface area contributed by atoms with Crippen LogP contribution in [-0.4, -0.2) is 10.8 Å². The number of nitrogen functional groups attached to an aromatic ring is 1. The number of aryl methyl sites for hydroxylation is 2. The van der Waals surface area contributed by atoms with Crippen molar-refractivity contribution in [3.05, 3.63) is 53.2 Å². The van der Waals surface area contributed by atoms with E-state index in [1.807, 2.05) is 25.1 Å². The predicted octanol–water partition coefficient (Wildman–Crippen LogP) is 3.13. The monoisotopic (exact) mass is 257 g/mol. The Labute approximate surface area is 111 Å². The van der Waals surface area contributed by atoms with Crippen molar-refractivity contribution < 1.29 is 0 Å².